The zero-order chi connectivity index (χ0) is 20.0. The third-order valence-corrected chi connectivity index (χ3v) is 5.42. The Hall–Kier alpha value is -3.61. The number of hydrogen-bond acceptors (Lipinski definition) is 5. The van der Waals surface area contributed by atoms with Gasteiger partial charge >= 0.3 is 0 Å². The molecule has 3 N–H and O–H groups in total. The van der Waals surface area contributed by atoms with E-state index in [0.29, 0.717) is 24.3 Å². The first-order valence-electron chi connectivity index (χ1n) is 9.62. The number of carbonyl (C=O) groups is 1. The van der Waals surface area contributed by atoms with E-state index in [9.17, 15) is 4.79 Å². The van der Waals surface area contributed by atoms with Crippen molar-refractivity contribution < 1.29 is 9.53 Å². The van der Waals surface area contributed by atoms with Gasteiger partial charge in [0.05, 0.1) is 19.2 Å². The number of aromatic amines is 1. The Morgan fingerprint density at radius 3 is 2.83 bits per heavy atom. The average Bonchev–Trinajstić information content (AvgIpc) is 3.35. The number of nitrogens with zero attached hydrogens (tertiary/aromatic N) is 3. The Morgan fingerprint density at radius 1 is 1.17 bits per heavy atom. The molecule has 1 aliphatic rings. The van der Waals surface area contributed by atoms with Gasteiger partial charge in [-0.25, -0.2) is 9.97 Å². The van der Waals surface area contributed by atoms with Crippen LogP contribution in [0.4, 0.5) is 5.82 Å². The van der Waals surface area contributed by atoms with E-state index in [-0.39, 0.29) is 5.91 Å². The minimum Gasteiger partial charge on any atom is -0.497 e. The third kappa shape index (κ3) is 3.04. The average molecular weight is 387 g/mol. The van der Waals surface area contributed by atoms with Crippen LogP contribution in [-0.4, -0.2) is 39.4 Å². The molecular formula is C22H21N5O2. The number of pyridine rings is 1. The van der Waals surface area contributed by atoms with Crippen LogP contribution in [0.3, 0.4) is 0 Å². The number of aromatic nitrogens is 3. The molecule has 3 heterocycles. The highest BCUT2D eigenvalue weighted by Gasteiger charge is 2.22. The fourth-order valence-electron chi connectivity index (χ4n) is 3.92. The second kappa shape index (κ2) is 6.77. The Morgan fingerprint density at radius 2 is 2.03 bits per heavy atom. The molecular weight excluding hydrogens is 366 g/mol. The number of imidazole rings is 1. The van der Waals surface area contributed by atoms with Crippen molar-refractivity contribution in [2.24, 2.45) is 0 Å². The van der Waals surface area contributed by atoms with Gasteiger partial charge in [0.2, 0.25) is 5.91 Å². The minimum atomic E-state index is 0.171. The van der Waals surface area contributed by atoms with Crippen molar-refractivity contribution in [3.8, 4) is 16.9 Å². The molecule has 1 aliphatic heterocycles. The van der Waals surface area contributed by atoms with Crippen LogP contribution in [0.2, 0.25) is 0 Å². The number of hydrogen-bond donors (Lipinski definition) is 2. The summed E-state index contributed by atoms with van der Waals surface area (Å²) >= 11 is 0. The number of methoxy groups -OCH3 is 1. The predicted molar refractivity (Wildman–Crippen MR) is 112 cm³/mol. The van der Waals surface area contributed by atoms with Crippen LogP contribution in [0.5, 0.6) is 5.75 Å². The SMILES string of the molecule is COc1cccc(-c2ccc3c(c2)nc(N)c2[nH]c(CN4CCCC4=O)nc23)c1. The molecule has 1 fully saturated rings. The molecule has 7 heteroatoms. The molecule has 0 aliphatic carbocycles. The summed E-state index contributed by atoms with van der Waals surface area (Å²) in [6, 6.07) is 14.0. The molecule has 1 saturated heterocycles. The standard InChI is InChI=1S/C22H21N5O2/c1-29-15-5-2-4-13(10-15)14-7-8-16-17(11-14)24-22(23)21-20(16)25-18(26-21)12-27-9-3-6-19(27)28/h2,4-5,7-8,10-11H,3,6,9,12H2,1H3,(H2,23,24)(H,25,26). The molecule has 4 aromatic rings. The van der Waals surface area contributed by atoms with E-state index in [1.807, 2.05) is 47.4 Å². The largest absolute Gasteiger partial charge is 0.497 e. The summed E-state index contributed by atoms with van der Waals surface area (Å²) in [6.07, 6.45) is 1.51. The normalized spacial score (nSPS) is 14.2. The fourth-order valence-corrected chi connectivity index (χ4v) is 3.92. The van der Waals surface area contributed by atoms with Gasteiger partial charge in [0.1, 0.15) is 28.4 Å². The van der Waals surface area contributed by atoms with Crippen molar-refractivity contribution in [1.29, 1.82) is 0 Å². The van der Waals surface area contributed by atoms with Gasteiger partial charge in [-0.1, -0.05) is 18.2 Å². The van der Waals surface area contributed by atoms with Gasteiger partial charge in [-0.05, 0) is 41.8 Å². The van der Waals surface area contributed by atoms with Gasteiger partial charge in [0.15, 0.2) is 0 Å². The number of benzene rings is 2. The lowest BCUT2D eigenvalue weighted by Crippen LogP contribution is -2.24. The van der Waals surface area contributed by atoms with E-state index >= 15 is 0 Å². The lowest BCUT2D eigenvalue weighted by Gasteiger charge is -2.12. The monoisotopic (exact) mass is 387 g/mol. The Balaban J connectivity index is 1.58. The zero-order valence-electron chi connectivity index (χ0n) is 16.1. The van der Waals surface area contributed by atoms with Crippen LogP contribution in [0.25, 0.3) is 33.1 Å². The number of fused-ring (bicyclic) bond motifs is 3. The molecule has 2 aromatic heterocycles. The van der Waals surface area contributed by atoms with Crippen molar-refractivity contribution in [3.05, 3.63) is 48.3 Å². The van der Waals surface area contributed by atoms with Crippen molar-refractivity contribution in [1.82, 2.24) is 19.9 Å². The van der Waals surface area contributed by atoms with Crippen LogP contribution >= 0.6 is 0 Å². The van der Waals surface area contributed by atoms with Gasteiger partial charge in [-0.15, -0.1) is 0 Å². The van der Waals surface area contributed by atoms with Gasteiger partial charge in [0, 0.05) is 18.4 Å². The maximum Gasteiger partial charge on any atom is 0.223 e. The number of nitrogens with one attached hydrogen (secondary N) is 1. The quantitative estimate of drug-likeness (QED) is 0.559. The molecule has 0 atom stereocenters. The van der Waals surface area contributed by atoms with Gasteiger partial charge in [0.25, 0.3) is 0 Å². The smallest absolute Gasteiger partial charge is 0.223 e. The third-order valence-electron chi connectivity index (χ3n) is 5.42. The van der Waals surface area contributed by atoms with Crippen molar-refractivity contribution in [2.75, 3.05) is 19.4 Å². The topological polar surface area (TPSA) is 97.1 Å². The summed E-state index contributed by atoms with van der Waals surface area (Å²) in [5.74, 6) is 2.11. The number of H-pyrrole nitrogens is 1. The van der Waals surface area contributed by atoms with Crippen LogP contribution in [0, 0.1) is 0 Å². The lowest BCUT2D eigenvalue weighted by atomic mass is 10.0. The first-order valence-corrected chi connectivity index (χ1v) is 9.62. The number of nitrogens with two attached hydrogens (primary N) is 1. The molecule has 7 nitrogen and oxygen atoms in total. The highest BCUT2D eigenvalue weighted by Crippen LogP contribution is 2.31. The molecule has 0 unspecified atom stereocenters. The number of likely N-dealkylation sites (tertiary alicyclic amines) is 1. The Labute approximate surface area is 167 Å². The first-order chi connectivity index (χ1) is 14.1. The highest BCUT2D eigenvalue weighted by atomic mass is 16.5. The summed E-state index contributed by atoms with van der Waals surface area (Å²) in [7, 11) is 1.66. The van der Waals surface area contributed by atoms with Crippen LogP contribution in [0.15, 0.2) is 42.5 Å². The number of nitrogen functional groups attached to an aromatic ring is 1. The van der Waals surface area contributed by atoms with E-state index < -0.39 is 0 Å². The Bertz CT molecular complexity index is 1250. The molecule has 0 spiro atoms. The van der Waals surface area contributed by atoms with E-state index in [1.54, 1.807) is 7.11 Å². The van der Waals surface area contributed by atoms with E-state index in [2.05, 4.69) is 9.97 Å². The maximum absolute atomic E-state index is 11.9. The molecule has 5 rings (SSSR count). The molecule has 146 valence electrons. The summed E-state index contributed by atoms with van der Waals surface area (Å²) < 4.78 is 5.33. The summed E-state index contributed by atoms with van der Waals surface area (Å²) in [5.41, 5.74) is 10.6. The maximum atomic E-state index is 11.9. The van der Waals surface area contributed by atoms with Crippen molar-refractivity contribution in [2.45, 2.75) is 19.4 Å². The Kier molecular flexibility index (Phi) is 4.08. The van der Waals surface area contributed by atoms with Crippen molar-refractivity contribution in [3.63, 3.8) is 0 Å². The second-order valence-electron chi connectivity index (χ2n) is 7.29. The summed E-state index contributed by atoms with van der Waals surface area (Å²) in [5, 5.41) is 0.927. The van der Waals surface area contributed by atoms with Gasteiger partial charge < -0.3 is 20.4 Å². The predicted octanol–water partition coefficient (Wildman–Crippen LogP) is 3.49. The molecule has 2 aromatic carbocycles. The van der Waals surface area contributed by atoms with Gasteiger partial charge in [-0.3, -0.25) is 4.79 Å². The van der Waals surface area contributed by atoms with Crippen LogP contribution in [-0.2, 0) is 11.3 Å². The molecule has 0 radical (unpaired) electrons. The summed E-state index contributed by atoms with van der Waals surface area (Å²) in [6.45, 7) is 1.24. The van der Waals surface area contributed by atoms with E-state index in [4.69, 9.17) is 15.5 Å². The fraction of sp³-hybridized carbons (Fsp3) is 0.227. The number of carbonyl (C=O) groups excluding carboxylic acids is 1. The van der Waals surface area contributed by atoms with Crippen molar-refractivity contribution >= 4 is 33.7 Å². The number of anilines is 1. The zero-order valence-corrected chi connectivity index (χ0v) is 16.1. The minimum absolute atomic E-state index is 0.171. The van der Waals surface area contributed by atoms with Crippen LogP contribution in [0.1, 0.15) is 18.7 Å². The number of ether oxygens (including phenoxy) is 1. The first kappa shape index (κ1) is 17.5. The molecule has 29 heavy (non-hydrogen) atoms. The highest BCUT2D eigenvalue weighted by molar-refractivity contribution is 6.07. The lowest BCUT2D eigenvalue weighted by molar-refractivity contribution is -0.128. The second-order valence-corrected chi connectivity index (χ2v) is 7.29. The van der Waals surface area contributed by atoms with Crippen LogP contribution < -0.4 is 10.5 Å². The number of amides is 1. The molecule has 1 amide bonds. The molecule has 0 bridgehead atoms. The summed E-state index contributed by atoms with van der Waals surface area (Å²) in [4.78, 5) is 26.3. The molecule has 0 saturated carbocycles. The van der Waals surface area contributed by atoms with E-state index in [1.165, 1.54) is 0 Å². The van der Waals surface area contributed by atoms with E-state index in [0.717, 1.165) is 52.1 Å². The van der Waals surface area contributed by atoms with Gasteiger partial charge in [-0.2, -0.15) is 0 Å². The number of rotatable bonds is 4.